The summed E-state index contributed by atoms with van der Waals surface area (Å²) in [6.07, 6.45) is 2.74. The second kappa shape index (κ2) is 5.21. The molecule has 1 fully saturated rings. The van der Waals surface area contributed by atoms with Gasteiger partial charge < -0.3 is 10.6 Å². The van der Waals surface area contributed by atoms with E-state index in [0.29, 0.717) is 17.4 Å². The molecule has 0 bridgehead atoms. The van der Waals surface area contributed by atoms with Gasteiger partial charge in [0.25, 0.3) is 5.91 Å². The number of carbonyl (C=O) groups is 1. The Labute approximate surface area is 99.2 Å². The van der Waals surface area contributed by atoms with Crippen LogP contribution in [0.3, 0.4) is 0 Å². The average molecular weight is 237 g/mol. The fraction of sp³-hybridized carbons (Fsp3) is 0.455. The summed E-state index contributed by atoms with van der Waals surface area (Å²) in [6, 6.07) is 3.87. The molecule has 1 amide bonds. The van der Waals surface area contributed by atoms with Crippen molar-refractivity contribution >= 4 is 23.5 Å². The Morgan fingerprint density at radius 3 is 3.19 bits per heavy atom. The van der Waals surface area contributed by atoms with Crippen LogP contribution in [0.4, 0.5) is 5.82 Å². The summed E-state index contributed by atoms with van der Waals surface area (Å²) in [7, 11) is 1.77. The van der Waals surface area contributed by atoms with Crippen LogP contribution in [-0.2, 0) is 0 Å². The first-order valence-corrected chi connectivity index (χ1v) is 6.48. The smallest absolute Gasteiger partial charge is 0.255 e. The third-order valence-corrected chi connectivity index (χ3v) is 3.72. The lowest BCUT2D eigenvalue weighted by Crippen LogP contribution is -2.35. The number of rotatable bonds is 3. The maximum atomic E-state index is 12.0. The van der Waals surface area contributed by atoms with E-state index in [0.717, 1.165) is 17.9 Å². The Balaban J connectivity index is 2.07. The van der Waals surface area contributed by atoms with E-state index >= 15 is 0 Å². The van der Waals surface area contributed by atoms with E-state index in [1.165, 1.54) is 0 Å². The molecule has 2 N–H and O–H groups in total. The van der Waals surface area contributed by atoms with Crippen molar-refractivity contribution in [3.8, 4) is 0 Å². The first-order valence-electron chi connectivity index (χ1n) is 5.32. The Kier molecular flexibility index (Phi) is 3.66. The molecular weight excluding hydrogens is 222 g/mol. The summed E-state index contributed by atoms with van der Waals surface area (Å²) in [5.74, 6) is 2.74. The van der Waals surface area contributed by atoms with E-state index in [2.05, 4.69) is 15.6 Å². The lowest BCUT2D eigenvalue weighted by atomic mass is 10.2. The minimum Gasteiger partial charge on any atom is -0.372 e. The molecule has 0 aliphatic carbocycles. The van der Waals surface area contributed by atoms with Crippen molar-refractivity contribution in [3.63, 3.8) is 0 Å². The predicted octanol–water partition coefficient (Wildman–Crippen LogP) is 1.36. The molecule has 0 aromatic carbocycles. The number of aromatic nitrogens is 1. The van der Waals surface area contributed by atoms with E-state index in [1.54, 1.807) is 25.4 Å². The summed E-state index contributed by atoms with van der Waals surface area (Å²) in [5, 5.41) is 5.95. The van der Waals surface area contributed by atoms with Gasteiger partial charge in [0.05, 0.1) is 5.56 Å². The van der Waals surface area contributed by atoms with E-state index in [-0.39, 0.29) is 5.91 Å². The SMILES string of the molecule is CNc1ncccc1C(=O)NC1CCSC1. The number of pyridine rings is 1. The van der Waals surface area contributed by atoms with Crippen molar-refractivity contribution in [2.45, 2.75) is 12.5 Å². The van der Waals surface area contributed by atoms with Crippen molar-refractivity contribution in [1.29, 1.82) is 0 Å². The first-order chi connectivity index (χ1) is 7.81. The quantitative estimate of drug-likeness (QED) is 0.833. The molecule has 1 aliphatic heterocycles. The molecule has 5 heteroatoms. The number of nitrogens with zero attached hydrogens (tertiary/aromatic N) is 1. The van der Waals surface area contributed by atoms with E-state index in [1.807, 2.05) is 11.8 Å². The van der Waals surface area contributed by atoms with Crippen LogP contribution in [0.5, 0.6) is 0 Å². The highest BCUT2D eigenvalue weighted by Crippen LogP contribution is 2.18. The molecule has 0 radical (unpaired) electrons. The predicted molar refractivity (Wildman–Crippen MR) is 67.0 cm³/mol. The molecule has 0 spiro atoms. The number of carbonyl (C=O) groups excluding carboxylic acids is 1. The van der Waals surface area contributed by atoms with E-state index in [4.69, 9.17) is 0 Å². The summed E-state index contributed by atoms with van der Waals surface area (Å²) < 4.78 is 0. The minimum absolute atomic E-state index is 0.0371. The number of thioether (sulfide) groups is 1. The molecule has 0 saturated carbocycles. The summed E-state index contributed by atoms with van der Waals surface area (Å²) in [5.41, 5.74) is 0.613. The molecule has 1 aromatic rings. The molecule has 1 aromatic heterocycles. The standard InChI is InChI=1S/C11H15N3OS/c1-12-10-9(3-2-5-13-10)11(15)14-8-4-6-16-7-8/h2-3,5,8H,4,6-7H2,1H3,(H,12,13)(H,14,15). The van der Waals surface area contributed by atoms with Crippen molar-refractivity contribution in [2.24, 2.45) is 0 Å². The van der Waals surface area contributed by atoms with Gasteiger partial charge in [-0.05, 0) is 24.3 Å². The van der Waals surface area contributed by atoms with Gasteiger partial charge in [-0.3, -0.25) is 4.79 Å². The molecule has 16 heavy (non-hydrogen) atoms. The normalized spacial score (nSPS) is 19.4. The number of nitrogens with one attached hydrogen (secondary N) is 2. The number of amides is 1. The van der Waals surface area contributed by atoms with Gasteiger partial charge in [0.2, 0.25) is 0 Å². The van der Waals surface area contributed by atoms with Gasteiger partial charge in [0, 0.05) is 25.0 Å². The molecule has 1 unspecified atom stereocenters. The third kappa shape index (κ3) is 2.47. The van der Waals surface area contributed by atoms with Crippen LogP contribution in [0.1, 0.15) is 16.8 Å². The molecule has 4 nitrogen and oxygen atoms in total. The van der Waals surface area contributed by atoms with E-state index in [9.17, 15) is 4.79 Å². The molecular formula is C11H15N3OS. The average Bonchev–Trinajstić information content (AvgIpc) is 2.81. The zero-order chi connectivity index (χ0) is 11.4. The van der Waals surface area contributed by atoms with Crippen molar-refractivity contribution < 1.29 is 4.79 Å². The lowest BCUT2D eigenvalue weighted by Gasteiger charge is -2.12. The largest absolute Gasteiger partial charge is 0.372 e. The molecule has 1 saturated heterocycles. The van der Waals surface area contributed by atoms with Crippen molar-refractivity contribution in [3.05, 3.63) is 23.9 Å². The number of anilines is 1. The van der Waals surface area contributed by atoms with Crippen LogP contribution in [0.2, 0.25) is 0 Å². The Morgan fingerprint density at radius 2 is 2.50 bits per heavy atom. The van der Waals surface area contributed by atoms with Gasteiger partial charge in [-0.1, -0.05) is 0 Å². The molecule has 86 valence electrons. The van der Waals surface area contributed by atoms with Crippen LogP contribution in [0, 0.1) is 0 Å². The Bertz CT molecular complexity index is 377. The topological polar surface area (TPSA) is 54.0 Å². The third-order valence-electron chi connectivity index (χ3n) is 2.55. The summed E-state index contributed by atoms with van der Waals surface area (Å²) >= 11 is 1.88. The highest BCUT2D eigenvalue weighted by Gasteiger charge is 2.19. The van der Waals surface area contributed by atoms with Gasteiger partial charge >= 0.3 is 0 Å². The zero-order valence-electron chi connectivity index (χ0n) is 9.19. The van der Waals surface area contributed by atoms with Crippen molar-refractivity contribution in [1.82, 2.24) is 10.3 Å². The lowest BCUT2D eigenvalue weighted by molar-refractivity contribution is 0.0941. The first kappa shape index (κ1) is 11.3. The fourth-order valence-corrected chi connectivity index (χ4v) is 2.85. The van der Waals surface area contributed by atoms with Crippen molar-refractivity contribution in [2.75, 3.05) is 23.9 Å². The number of hydrogen-bond donors (Lipinski definition) is 2. The van der Waals surface area contributed by atoms with Crippen LogP contribution in [0.15, 0.2) is 18.3 Å². The van der Waals surface area contributed by atoms with Gasteiger partial charge in [0.1, 0.15) is 5.82 Å². The van der Waals surface area contributed by atoms with Crippen LogP contribution < -0.4 is 10.6 Å². The highest BCUT2D eigenvalue weighted by atomic mass is 32.2. The molecule has 1 atom stereocenters. The highest BCUT2D eigenvalue weighted by molar-refractivity contribution is 7.99. The second-order valence-corrected chi connectivity index (χ2v) is 4.83. The fourth-order valence-electron chi connectivity index (χ4n) is 1.70. The van der Waals surface area contributed by atoms with Gasteiger partial charge in [0.15, 0.2) is 0 Å². The van der Waals surface area contributed by atoms with E-state index < -0.39 is 0 Å². The summed E-state index contributed by atoms with van der Waals surface area (Å²) in [4.78, 5) is 16.1. The second-order valence-electron chi connectivity index (χ2n) is 3.68. The molecule has 1 aliphatic rings. The van der Waals surface area contributed by atoms with Crippen LogP contribution in [-0.4, -0.2) is 35.5 Å². The summed E-state index contributed by atoms with van der Waals surface area (Å²) in [6.45, 7) is 0. The van der Waals surface area contributed by atoms with Gasteiger partial charge in [-0.15, -0.1) is 0 Å². The number of hydrogen-bond acceptors (Lipinski definition) is 4. The maximum absolute atomic E-state index is 12.0. The Hall–Kier alpha value is -1.23. The monoisotopic (exact) mass is 237 g/mol. The van der Waals surface area contributed by atoms with Gasteiger partial charge in [-0.25, -0.2) is 4.98 Å². The van der Waals surface area contributed by atoms with Crippen LogP contribution >= 0.6 is 11.8 Å². The van der Waals surface area contributed by atoms with Gasteiger partial charge in [-0.2, -0.15) is 11.8 Å². The van der Waals surface area contributed by atoms with Crippen LogP contribution in [0.25, 0.3) is 0 Å². The zero-order valence-corrected chi connectivity index (χ0v) is 10.0. The maximum Gasteiger partial charge on any atom is 0.255 e. The molecule has 2 heterocycles. The Morgan fingerprint density at radius 1 is 1.62 bits per heavy atom. The minimum atomic E-state index is -0.0371. The molecule has 2 rings (SSSR count).